The second-order valence-electron chi connectivity index (χ2n) is 3.78. The van der Waals surface area contributed by atoms with Crippen molar-refractivity contribution in [2.75, 3.05) is 0 Å². The Morgan fingerprint density at radius 1 is 1.06 bits per heavy atom. The van der Waals surface area contributed by atoms with E-state index in [1.54, 1.807) is 0 Å². The Labute approximate surface area is 101 Å². The van der Waals surface area contributed by atoms with Gasteiger partial charge >= 0.3 is 6.18 Å². The van der Waals surface area contributed by atoms with E-state index < -0.39 is 11.7 Å². The van der Waals surface area contributed by atoms with E-state index in [1.165, 1.54) is 6.07 Å². The van der Waals surface area contributed by atoms with Crippen LogP contribution in [0.1, 0.15) is 40.2 Å². The average Bonchev–Trinajstić information content (AvgIpc) is 2.18. The molecule has 0 fully saturated rings. The maximum Gasteiger partial charge on any atom is 0.416 e. The summed E-state index contributed by atoms with van der Waals surface area (Å²) < 4.78 is 35.6. The quantitative estimate of drug-likeness (QED) is 0.679. The zero-order valence-electron chi connectivity index (χ0n) is 11.0. The van der Waals surface area contributed by atoms with Gasteiger partial charge in [-0.15, -0.1) is 0 Å². The van der Waals surface area contributed by atoms with Crippen LogP contribution in [0.15, 0.2) is 24.3 Å². The summed E-state index contributed by atoms with van der Waals surface area (Å²) in [7, 11) is 0. The second-order valence-corrected chi connectivity index (χ2v) is 3.78. The van der Waals surface area contributed by atoms with Gasteiger partial charge in [0.15, 0.2) is 0 Å². The largest absolute Gasteiger partial charge is 0.508 e. The molecular formula is C13H21F3O. The van der Waals surface area contributed by atoms with Gasteiger partial charge in [-0.05, 0) is 24.1 Å². The summed E-state index contributed by atoms with van der Waals surface area (Å²) in [6, 6.07) is 3.92. The lowest BCUT2D eigenvalue weighted by Gasteiger charge is -2.05. The zero-order valence-corrected chi connectivity index (χ0v) is 11.0. The number of phenols is 1. The average molecular weight is 250 g/mol. The first-order valence-corrected chi connectivity index (χ1v) is 5.59. The molecule has 0 aliphatic heterocycles. The molecule has 100 valence electrons. The fourth-order valence-corrected chi connectivity index (χ4v) is 0.682. The zero-order chi connectivity index (χ0) is 14.1. The summed E-state index contributed by atoms with van der Waals surface area (Å²) >= 11 is 0. The van der Waals surface area contributed by atoms with E-state index in [9.17, 15) is 13.2 Å². The number of benzene rings is 1. The highest BCUT2D eigenvalue weighted by Crippen LogP contribution is 2.30. The van der Waals surface area contributed by atoms with Crippen LogP contribution in [0, 0.1) is 5.92 Å². The fourth-order valence-electron chi connectivity index (χ4n) is 0.682. The van der Waals surface area contributed by atoms with Crippen LogP contribution in [0.4, 0.5) is 13.2 Å². The van der Waals surface area contributed by atoms with Crippen molar-refractivity contribution >= 4 is 0 Å². The Kier molecular flexibility index (Phi) is 9.52. The minimum Gasteiger partial charge on any atom is -0.508 e. The van der Waals surface area contributed by atoms with E-state index in [2.05, 4.69) is 20.8 Å². The van der Waals surface area contributed by atoms with E-state index in [0.717, 1.165) is 18.1 Å². The first-order valence-electron chi connectivity index (χ1n) is 5.59. The third-order valence-corrected chi connectivity index (χ3v) is 1.17. The van der Waals surface area contributed by atoms with Gasteiger partial charge in [0.05, 0.1) is 5.56 Å². The number of rotatable bonds is 0. The van der Waals surface area contributed by atoms with E-state index in [1.807, 2.05) is 13.8 Å². The predicted molar refractivity (Wildman–Crippen MR) is 65.0 cm³/mol. The summed E-state index contributed by atoms with van der Waals surface area (Å²) in [6.45, 7) is 10.5. The first-order chi connectivity index (χ1) is 7.73. The molecule has 0 spiro atoms. The fraction of sp³-hybridized carbons (Fsp3) is 0.538. The molecule has 1 rings (SSSR count). The molecule has 1 aromatic rings. The lowest BCUT2D eigenvalue weighted by molar-refractivity contribution is -0.137. The highest BCUT2D eigenvalue weighted by molar-refractivity contribution is 5.28. The second kappa shape index (κ2) is 8.90. The van der Waals surface area contributed by atoms with Gasteiger partial charge in [-0.3, -0.25) is 0 Å². The molecule has 0 amide bonds. The normalized spacial score (nSPS) is 9.94. The van der Waals surface area contributed by atoms with Crippen LogP contribution >= 0.6 is 0 Å². The smallest absolute Gasteiger partial charge is 0.416 e. The van der Waals surface area contributed by atoms with Crippen molar-refractivity contribution in [1.82, 2.24) is 0 Å². The summed E-state index contributed by atoms with van der Waals surface area (Å²) in [5, 5.41) is 8.68. The number of phenolic OH excluding ortho intramolecular Hbond substituents is 1. The summed E-state index contributed by atoms with van der Waals surface area (Å²) in [6.07, 6.45) is -4.38. The highest BCUT2D eigenvalue weighted by atomic mass is 19.4. The van der Waals surface area contributed by atoms with Crippen molar-refractivity contribution in [1.29, 1.82) is 0 Å². The van der Waals surface area contributed by atoms with Crippen LogP contribution in [0.3, 0.4) is 0 Å². The summed E-state index contributed by atoms with van der Waals surface area (Å²) in [4.78, 5) is 0. The van der Waals surface area contributed by atoms with Gasteiger partial charge in [-0.1, -0.05) is 40.7 Å². The Bertz CT molecular complexity index is 290. The molecule has 0 aliphatic rings. The van der Waals surface area contributed by atoms with E-state index in [4.69, 9.17) is 5.11 Å². The molecule has 0 bridgehead atoms. The third kappa shape index (κ3) is 11.1. The van der Waals surface area contributed by atoms with Gasteiger partial charge in [0.25, 0.3) is 0 Å². The number of halogens is 3. The van der Waals surface area contributed by atoms with Gasteiger partial charge in [-0.2, -0.15) is 13.2 Å². The molecular weight excluding hydrogens is 229 g/mol. The molecule has 1 nitrogen and oxygen atoms in total. The van der Waals surface area contributed by atoms with E-state index in [0.29, 0.717) is 6.07 Å². The van der Waals surface area contributed by atoms with Crippen molar-refractivity contribution in [3.05, 3.63) is 29.8 Å². The van der Waals surface area contributed by atoms with E-state index in [-0.39, 0.29) is 5.75 Å². The van der Waals surface area contributed by atoms with Crippen LogP contribution in [-0.4, -0.2) is 5.11 Å². The molecule has 0 unspecified atom stereocenters. The van der Waals surface area contributed by atoms with Gasteiger partial charge < -0.3 is 5.11 Å². The molecule has 0 saturated heterocycles. The van der Waals surface area contributed by atoms with Crippen molar-refractivity contribution in [2.45, 2.75) is 40.8 Å². The molecule has 0 heterocycles. The number of hydrogen-bond donors (Lipinski definition) is 1. The topological polar surface area (TPSA) is 20.2 Å². The Hall–Kier alpha value is -1.19. The van der Waals surface area contributed by atoms with Crippen molar-refractivity contribution in [3.8, 4) is 5.75 Å². The van der Waals surface area contributed by atoms with Crippen LogP contribution in [0.5, 0.6) is 5.75 Å². The van der Waals surface area contributed by atoms with Gasteiger partial charge in [-0.25, -0.2) is 0 Å². The molecule has 0 aliphatic carbocycles. The lowest BCUT2D eigenvalue weighted by atomic mass is 10.2. The van der Waals surface area contributed by atoms with Crippen LogP contribution in [0.25, 0.3) is 0 Å². The van der Waals surface area contributed by atoms with Gasteiger partial charge in [0.2, 0.25) is 0 Å². The van der Waals surface area contributed by atoms with Gasteiger partial charge in [0.1, 0.15) is 5.75 Å². The number of alkyl halides is 3. The van der Waals surface area contributed by atoms with E-state index >= 15 is 0 Å². The van der Waals surface area contributed by atoms with Gasteiger partial charge in [0, 0.05) is 0 Å². The molecule has 1 aromatic carbocycles. The lowest BCUT2D eigenvalue weighted by Crippen LogP contribution is -2.03. The monoisotopic (exact) mass is 250 g/mol. The minimum atomic E-state index is -4.38. The SMILES string of the molecule is CC.CC(C)C.Oc1cccc(C(F)(F)F)c1. The van der Waals surface area contributed by atoms with Crippen molar-refractivity contribution in [3.63, 3.8) is 0 Å². The Balaban J connectivity index is 0. The van der Waals surface area contributed by atoms with Crippen molar-refractivity contribution < 1.29 is 18.3 Å². The Morgan fingerprint density at radius 2 is 1.47 bits per heavy atom. The minimum absolute atomic E-state index is 0.375. The number of aromatic hydroxyl groups is 1. The van der Waals surface area contributed by atoms with Crippen LogP contribution in [0.2, 0.25) is 0 Å². The Morgan fingerprint density at radius 3 is 1.71 bits per heavy atom. The maximum absolute atomic E-state index is 11.9. The predicted octanol–water partition coefficient (Wildman–Crippen LogP) is 5.10. The highest BCUT2D eigenvalue weighted by Gasteiger charge is 2.30. The molecule has 17 heavy (non-hydrogen) atoms. The first kappa shape index (κ1) is 18.2. The van der Waals surface area contributed by atoms with Crippen molar-refractivity contribution in [2.24, 2.45) is 5.92 Å². The standard InChI is InChI=1S/C7H5F3O.C4H10.C2H6/c8-7(9,10)5-2-1-3-6(11)4-5;1-4(2)3;1-2/h1-4,11H;4H,1-3H3;1-2H3. The number of hydrogen-bond acceptors (Lipinski definition) is 1. The summed E-state index contributed by atoms with van der Waals surface area (Å²) in [5.74, 6) is 0.458. The third-order valence-electron chi connectivity index (χ3n) is 1.17. The van der Waals surface area contributed by atoms with Crippen LogP contribution < -0.4 is 0 Å². The molecule has 4 heteroatoms. The molecule has 0 saturated carbocycles. The molecule has 1 N–H and O–H groups in total. The molecule has 0 atom stereocenters. The summed E-state index contributed by atoms with van der Waals surface area (Å²) in [5.41, 5.74) is -0.836. The maximum atomic E-state index is 11.9. The molecule has 0 radical (unpaired) electrons. The van der Waals surface area contributed by atoms with Crippen LogP contribution in [-0.2, 0) is 6.18 Å². The molecule has 0 aromatic heterocycles.